The highest BCUT2D eigenvalue weighted by molar-refractivity contribution is 5.29. The van der Waals surface area contributed by atoms with Crippen molar-refractivity contribution in [2.75, 3.05) is 0 Å². The van der Waals surface area contributed by atoms with Gasteiger partial charge in [0.1, 0.15) is 0 Å². The first-order chi connectivity index (χ1) is 5.52. The van der Waals surface area contributed by atoms with E-state index in [2.05, 4.69) is 0 Å². The molecule has 0 saturated heterocycles. The second-order valence-corrected chi connectivity index (χ2v) is 5.22. The molecular formula is C10H16O2. The predicted octanol–water partition coefficient (Wildman–Crippen LogP) is 1.06. The summed E-state index contributed by atoms with van der Waals surface area (Å²) in [5, 5.41) is 20.5. The third kappa shape index (κ3) is 0.495. The van der Waals surface area contributed by atoms with E-state index >= 15 is 0 Å². The van der Waals surface area contributed by atoms with Crippen molar-refractivity contribution in [2.24, 2.45) is 11.3 Å². The standard InChI is InChI=1S/C10H16O2/c1-8(11)4-5-9(12)3-2-7-6-10(7,8)9/h7,11-12H,2-6H2,1H3/t7-,8-,9+,10?/m1/s1. The average molecular weight is 168 g/mol. The van der Waals surface area contributed by atoms with Crippen LogP contribution >= 0.6 is 0 Å². The maximum atomic E-state index is 10.3. The Morgan fingerprint density at radius 1 is 1.17 bits per heavy atom. The molecule has 0 amide bonds. The van der Waals surface area contributed by atoms with Gasteiger partial charge in [0.25, 0.3) is 0 Å². The fourth-order valence-corrected chi connectivity index (χ4v) is 4.07. The molecule has 68 valence electrons. The zero-order valence-electron chi connectivity index (χ0n) is 7.51. The Bertz CT molecular complexity index is 248. The van der Waals surface area contributed by atoms with Crippen LogP contribution in [-0.4, -0.2) is 21.4 Å². The van der Waals surface area contributed by atoms with Gasteiger partial charge in [0, 0.05) is 5.41 Å². The third-order valence-electron chi connectivity index (χ3n) is 4.83. The lowest BCUT2D eigenvalue weighted by atomic mass is 9.81. The van der Waals surface area contributed by atoms with Crippen LogP contribution < -0.4 is 0 Å². The zero-order chi connectivity index (χ0) is 8.61. The van der Waals surface area contributed by atoms with E-state index in [1.165, 1.54) is 0 Å². The van der Waals surface area contributed by atoms with Crippen LogP contribution in [0, 0.1) is 11.3 Å². The summed E-state index contributed by atoms with van der Waals surface area (Å²) >= 11 is 0. The minimum atomic E-state index is -0.580. The summed E-state index contributed by atoms with van der Waals surface area (Å²) in [7, 11) is 0. The lowest BCUT2D eigenvalue weighted by molar-refractivity contribution is -0.0753. The Labute approximate surface area is 72.6 Å². The van der Waals surface area contributed by atoms with Crippen LogP contribution in [0.1, 0.15) is 39.0 Å². The summed E-state index contributed by atoms with van der Waals surface area (Å²) < 4.78 is 0. The molecule has 3 aliphatic carbocycles. The SMILES string of the molecule is C[C@@]1(O)CC[C@@]2(O)CC[C@@H]3CC321. The highest BCUT2D eigenvalue weighted by atomic mass is 16.3. The summed E-state index contributed by atoms with van der Waals surface area (Å²) in [6.07, 6.45) is 4.73. The molecule has 0 aromatic rings. The second kappa shape index (κ2) is 1.60. The Hall–Kier alpha value is -0.0800. The Balaban J connectivity index is 2.10. The van der Waals surface area contributed by atoms with E-state index in [0.717, 1.165) is 32.1 Å². The number of aliphatic hydroxyl groups is 2. The smallest absolute Gasteiger partial charge is 0.0735 e. The summed E-state index contributed by atoms with van der Waals surface area (Å²) in [6.45, 7) is 1.91. The van der Waals surface area contributed by atoms with Gasteiger partial charge in [-0.2, -0.15) is 0 Å². The number of hydrogen-bond acceptors (Lipinski definition) is 2. The van der Waals surface area contributed by atoms with Crippen LogP contribution in [0.4, 0.5) is 0 Å². The monoisotopic (exact) mass is 168 g/mol. The molecular weight excluding hydrogens is 152 g/mol. The fourth-order valence-electron chi connectivity index (χ4n) is 4.07. The van der Waals surface area contributed by atoms with E-state index in [1.54, 1.807) is 0 Å². The molecule has 3 rings (SSSR count). The molecule has 12 heavy (non-hydrogen) atoms. The summed E-state index contributed by atoms with van der Waals surface area (Å²) in [5.41, 5.74) is -1.16. The molecule has 2 nitrogen and oxygen atoms in total. The topological polar surface area (TPSA) is 40.5 Å². The molecule has 0 aromatic heterocycles. The third-order valence-corrected chi connectivity index (χ3v) is 4.83. The zero-order valence-corrected chi connectivity index (χ0v) is 7.51. The van der Waals surface area contributed by atoms with Crippen molar-refractivity contribution in [3.8, 4) is 0 Å². The molecule has 2 heteroatoms. The first-order valence-corrected chi connectivity index (χ1v) is 4.97. The van der Waals surface area contributed by atoms with Crippen molar-refractivity contribution in [3.05, 3.63) is 0 Å². The van der Waals surface area contributed by atoms with Crippen molar-refractivity contribution < 1.29 is 10.2 Å². The molecule has 3 fully saturated rings. The van der Waals surface area contributed by atoms with E-state index < -0.39 is 11.2 Å². The molecule has 1 spiro atoms. The summed E-state index contributed by atoms with van der Waals surface area (Å²) in [4.78, 5) is 0. The van der Waals surface area contributed by atoms with E-state index in [0.29, 0.717) is 5.92 Å². The molecule has 3 aliphatic rings. The van der Waals surface area contributed by atoms with Crippen molar-refractivity contribution in [2.45, 2.75) is 50.2 Å². The van der Waals surface area contributed by atoms with Crippen molar-refractivity contribution in [1.29, 1.82) is 0 Å². The molecule has 0 bridgehead atoms. The van der Waals surface area contributed by atoms with Gasteiger partial charge in [0.05, 0.1) is 11.2 Å². The van der Waals surface area contributed by atoms with Crippen LogP contribution in [-0.2, 0) is 0 Å². The summed E-state index contributed by atoms with van der Waals surface area (Å²) in [5.74, 6) is 0.625. The van der Waals surface area contributed by atoms with Crippen LogP contribution in [0.3, 0.4) is 0 Å². The highest BCUT2D eigenvalue weighted by Crippen LogP contribution is 2.77. The molecule has 3 saturated carbocycles. The molecule has 0 aromatic carbocycles. The lowest BCUT2D eigenvalue weighted by Crippen LogP contribution is -2.42. The highest BCUT2D eigenvalue weighted by Gasteiger charge is 2.79. The molecule has 2 N–H and O–H groups in total. The van der Waals surface area contributed by atoms with Crippen LogP contribution in [0.15, 0.2) is 0 Å². The molecule has 0 radical (unpaired) electrons. The predicted molar refractivity (Wildman–Crippen MR) is 44.6 cm³/mol. The first-order valence-electron chi connectivity index (χ1n) is 4.97. The Morgan fingerprint density at radius 2 is 1.92 bits per heavy atom. The van der Waals surface area contributed by atoms with Gasteiger partial charge in [-0.15, -0.1) is 0 Å². The van der Waals surface area contributed by atoms with Gasteiger partial charge in [-0.3, -0.25) is 0 Å². The van der Waals surface area contributed by atoms with Crippen molar-refractivity contribution >= 4 is 0 Å². The largest absolute Gasteiger partial charge is 0.389 e. The van der Waals surface area contributed by atoms with Gasteiger partial charge < -0.3 is 10.2 Å². The van der Waals surface area contributed by atoms with E-state index in [1.807, 2.05) is 6.92 Å². The fraction of sp³-hybridized carbons (Fsp3) is 1.00. The average Bonchev–Trinajstić information content (AvgIpc) is 2.63. The van der Waals surface area contributed by atoms with Gasteiger partial charge in [-0.05, 0) is 44.9 Å². The van der Waals surface area contributed by atoms with E-state index in [4.69, 9.17) is 0 Å². The normalized spacial score (nSPS) is 67.8. The van der Waals surface area contributed by atoms with Crippen molar-refractivity contribution in [1.82, 2.24) is 0 Å². The lowest BCUT2D eigenvalue weighted by Gasteiger charge is -2.33. The van der Waals surface area contributed by atoms with Crippen LogP contribution in [0.5, 0.6) is 0 Å². The van der Waals surface area contributed by atoms with Gasteiger partial charge >= 0.3 is 0 Å². The quantitative estimate of drug-likeness (QED) is 0.568. The molecule has 1 unspecified atom stereocenters. The Kier molecular flexibility index (Phi) is 0.978. The number of hydrogen-bond donors (Lipinski definition) is 2. The molecule has 4 atom stereocenters. The first kappa shape index (κ1) is 7.34. The van der Waals surface area contributed by atoms with E-state index in [-0.39, 0.29) is 5.41 Å². The van der Waals surface area contributed by atoms with Gasteiger partial charge in [0.2, 0.25) is 0 Å². The molecule has 0 aliphatic heterocycles. The van der Waals surface area contributed by atoms with E-state index in [9.17, 15) is 10.2 Å². The van der Waals surface area contributed by atoms with Crippen LogP contribution in [0.2, 0.25) is 0 Å². The maximum Gasteiger partial charge on any atom is 0.0735 e. The minimum absolute atomic E-state index is 0.0833. The Morgan fingerprint density at radius 3 is 2.50 bits per heavy atom. The molecule has 0 heterocycles. The van der Waals surface area contributed by atoms with Gasteiger partial charge in [-0.1, -0.05) is 0 Å². The van der Waals surface area contributed by atoms with Crippen LogP contribution in [0.25, 0.3) is 0 Å². The summed E-state index contributed by atoms with van der Waals surface area (Å²) in [6, 6.07) is 0. The second-order valence-electron chi connectivity index (χ2n) is 5.22. The van der Waals surface area contributed by atoms with Gasteiger partial charge in [0.15, 0.2) is 0 Å². The minimum Gasteiger partial charge on any atom is -0.389 e. The number of rotatable bonds is 0. The van der Waals surface area contributed by atoms with Gasteiger partial charge in [-0.25, -0.2) is 0 Å². The van der Waals surface area contributed by atoms with Crippen molar-refractivity contribution in [3.63, 3.8) is 0 Å². The maximum absolute atomic E-state index is 10.3.